The Morgan fingerprint density at radius 2 is 2.04 bits per heavy atom. The van der Waals surface area contributed by atoms with Crippen LogP contribution in [-0.2, 0) is 10.3 Å². The van der Waals surface area contributed by atoms with Crippen LogP contribution in [-0.4, -0.2) is 25.8 Å². The Labute approximate surface area is 146 Å². The van der Waals surface area contributed by atoms with Gasteiger partial charge in [0, 0.05) is 24.9 Å². The summed E-state index contributed by atoms with van der Waals surface area (Å²) in [7, 11) is 0. The molecule has 0 aliphatic heterocycles. The number of hydrogen-bond acceptors (Lipinski definition) is 5. The molecule has 7 nitrogen and oxygen atoms in total. The molecule has 1 amide bonds. The van der Waals surface area contributed by atoms with E-state index in [2.05, 4.69) is 20.6 Å². The predicted molar refractivity (Wildman–Crippen MR) is 92.9 cm³/mol. The molecule has 1 unspecified atom stereocenters. The molecule has 1 N–H and O–H groups in total. The molecular weight excluding hydrogens is 318 g/mol. The quantitative estimate of drug-likeness (QED) is 0.772. The van der Waals surface area contributed by atoms with Crippen LogP contribution in [0.4, 0.5) is 0 Å². The smallest absolute Gasteiger partial charge is 0.252 e. The molecular formula is C18H21N5O2. The van der Waals surface area contributed by atoms with Crippen LogP contribution in [0, 0.1) is 5.92 Å². The third-order valence-electron chi connectivity index (χ3n) is 4.36. The number of amides is 1. The Balaban J connectivity index is 2.04. The number of carbonyl (C=O) groups is 1. The molecule has 2 heterocycles. The Hall–Kier alpha value is -2.96. The van der Waals surface area contributed by atoms with Crippen LogP contribution < -0.4 is 5.32 Å². The molecule has 2 aromatic heterocycles. The van der Waals surface area contributed by atoms with Crippen molar-refractivity contribution in [3.63, 3.8) is 0 Å². The summed E-state index contributed by atoms with van der Waals surface area (Å²) in [6, 6.07) is 9.54. The first-order valence-electron chi connectivity index (χ1n) is 8.14. The van der Waals surface area contributed by atoms with Gasteiger partial charge in [0.05, 0.1) is 5.69 Å². The van der Waals surface area contributed by atoms with E-state index in [1.54, 1.807) is 10.9 Å². The van der Waals surface area contributed by atoms with E-state index in [9.17, 15) is 4.79 Å². The molecule has 1 aromatic carbocycles. The van der Waals surface area contributed by atoms with Crippen molar-refractivity contribution in [1.29, 1.82) is 0 Å². The van der Waals surface area contributed by atoms with Crippen LogP contribution in [0.2, 0.25) is 0 Å². The fraction of sp³-hybridized carbons (Fsp3) is 0.333. The summed E-state index contributed by atoms with van der Waals surface area (Å²) in [6.45, 7) is 7.36. The highest BCUT2D eigenvalue weighted by Crippen LogP contribution is 2.31. The third kappa shape index (κ3) is 3.17. The molecule has 0 spiro atoms. The highest BCUT2D eigenvalue weighted by Gasteiger charge is 2.37. The highest BCUT2D eigenvalue weighted by molar-refractivity contribution is 5.74. The van der Waals surface area contributed by atoms with Crippen LogP contribution in [0.15, 0.2) is 47.2 Å². The maximum atomic E-state index is 11.6. The minimum absolute atomic E-state index is 0.0751. The summed E-state index contributed by atoms with van der Waals surface area (Å²) in [4.78, 5) is 16.2. The van der Waals surface area contributed by atoms with E-state index >= 15 is 0 Å². The van der Waals surface area contributed by atoms with Crippen LogP contribution in [0.1, 0.15) is 33.6 Å². The normalized spacial score (nSPS) is 13.6. The fourth-order valence-corrected chi connectivity index (χ4v) is 2.63. The molecule has 3 aromatic rings. The summed E-state index contributed by atoms with van der Waals surface area (Å²) in [5.74, 6) is 0.764. The van der Waals surface area contributed by atoms with Crippen molar-refractivity contribution in [3.8, 4) is 17.1 Å². The van der Waals surface area contributed by atoms with Crippen molar-refractivity contribution in [2.24, 2.45) is 5.92 Å². The van der Waals surface area contributed by atoms with Gasteiger partial charge in [-0.15, -0.1) is 0 Å². The van der Waals surface area contributed by atoms with Crippen molar-refractivity contribution in [2.45, 2.75) is 33.2 Å². The second-order valence-electron chi connectivity index (χ2n) is 6.43. The van der Waals surface area contributed by atoms with Gasteiger partial charge in [-0.3, -0.25) is 4.79 Å². The molecule has 1 atom stereocenters. The lowest BCUT2D eigenvalue weighted by Crippen LogP contribution is -2.46. The summed E-state index contributed by atoms with van der Waals surface area (Å²) < 4.78 is 7.26. The zero-order chi connectivity index (χ0) is 18.0. The van der Waals surface area contributed by atoms with E-state index < -0.39 is 5.54 Å². The van der Waals surface area contributed by atoms with Crippen molar-refractivity contribution < 1.29 is 9.32 Å². The summed E-state index contributed by atoms with van der Waals surface area (Å²) in [6.07, 6.45) is 3.57. The lowest BCUT2D eigenvalue weighted by atomic mass is 9.88. The standard InChI is InChI=1S/C18H21N5O2/c1-12(2)18(4,21-13(3)24)17-20-16(22-25-17)14-8-5-6-9-15(14)23-11-7-10-19-23/h5-12H,1-4H3,(H,21,24). The molecule has 130 valence electrons. The average molecular weight is 339 g/mol. The van der Waals surface area contributed by atoms with E-state index in [4.69, 9.17) is 4.52 Å². The van der Waals surface area contributed by atoms with Gasteiger partial charge >= 0.3 is 0 Å². The molecule has 0 aliphatic rings. The molecule has 0 fully saturated rings. The van der Waals surface area contributed by atoms with Crippen molar-refractivity contribution in [1.82, 2.24) is 25.2 Å². The van der Waals surface area contributed by atoms with E-state index in [1.165, 1.54) is 6.92 Å². The summed E-state index contributed by atoms with van der Waals surface area (Å²) in [5, 5.41) is 11.3. The predicted octanol–water partition coefficient (Wildman–Crippen LogP) is 2.93. The van der Waals surface area contributed by atoms with Crippen molar-refractivity contribution >= 4 is 5.91 Å². The molecule has 0 saturated carbocycles. The van der Waals surface area contributed by atoms with E-state index in [0.29, 0.717) is 11.7 Å². The summed E-state index contributed by atoms with van der Waals surface area (Å²) in [5.41, 5.74) is 0.915. The molecule has 0 saturated heterocycles. The third-order valence-corrected chi connectivity index (χ3v) is 4.36. The Kier molecular flexibility index (Phi) is 4.39. The van der Waals surface area contributed by atoms with Crippen LogP contribution >= 0.6 is 0 Å². The number of carbonyl (C=O) groups excluding carboxylic acids is 1. The lowest BCUT2D eigenvalue weighted by molar-refractivity contribution is -0.121. The van der Waals surface area contributed by atoms with Crippen molar-refractivity contribution in [2.75, 3.05) is 0 Å². The molecule has 25 heavy (non-hydrogen) atoms. The second kappa shape index (κ2) is 6.51. The number of aromatic nitrogens is 4. The zero-order valence-electron chi connectivity index (χ0n) is 14.7. The van der Waals surface area contributed by atoms with Crippen LogP contribution in [0.5, 0.6) is 0 Å². The maximum Gasteiger partial charge on any atom is 0.252 e. The van der Waals surface area contributed by atoms with Gasteiger partial charge in [0.1, 0.15) is 5.54 Å². The van der Waals surface area contributed by atoms with Gasteiger partial charge in [0.2, 0.25) is 11.7 Å². The van der Waals surface area contributed by atoms with Crippen LogP contribution in [0.25, 0.3) is 17.1 Å². The molecule has 0 aliphatic carbocycles. The van der Waals surface area contributed by atoms with Crippen molar-refractivity contribution in [3.05, 3.63) is 48.6 Å². The topological polar surface area (TPSA) is 85.8 Å². The van der Waals surface area contributed by atoms with E-state index in [-0.39, 0.29) is 11.8 Å². The van der Waals surface area contributed by atoms with Gasteiger partial charge < -0.3 is 9.84 Å². The first-order valence-corrected chi connectivity index (χ1v) is 8.14. The van der Waals surface area contributed by atoms with E-state index in [1.807, 2.05) is 57.3 Å². The van der Waals surface area contributed by atoms with Gasteiger partial charge in [0.15, 0.2) is 0 Å². The monoisotopic (exact) mass is 339 g/mol. The second-order valence-corrected chi connectivity index (χ2v) is 6.43. The Morgan fingerprint density at radius 3 is 2.68 bits per heavy atom. The highest BCUT2D eigenvalue weighted by atomic mass is 16.5. The zero-order valence-corrected chi connectivity index (χ0v) is 14.7. The van der Waals surface area contributed by atoms with Gasteiger partial charge in [-0.05, 0) is 31.0 Å². The SMILES string of the molecule is CC(=O)NC(C)(c1nc(-c2ccccc2-n2cccn2)no1)C(C)C. The molecule has 0 radical (unpaired) electrons. The number of nitrogens with zero attached hydrogens (tertiary/aromatic N) is 4. The Morgan fingerprint density at radius 1 is 1.28 bits per heavy atom. The number of para-hydroxylation sites is 1. The Bertz CT molecular complexity index is 869. The maximum absolute atomic E-state index is 11.6. The number of nitrogens with one attached hydrogen (secondary N) is 1. The molecule has 3 rings (SSSR count). The van der Waals surface area contributed by atoms with E-state index in [0.717, 1.165) is 11.3 Å². The number of rotatable bonds is 5. The fourth-order valence-electron chi connectivity index (χ4n) is 2.63. The molecule has 0 bridgehead atoms. The van der Waals surface area contributed by atoms with Gasteiger partial charge in [-0.2, -0.15) is 10.1 Å². The lowest BCUT2D eigenvalue weighted by Gasteiger charge is -2.30. The van der Waals surface area contributed by atoms with Gasteiger partial charge in [-0.25, -0.2) is 4.68 Å². The largest absolute Gasteiger partial charge is 0.342 e. The van der Waals surface area contributed by atoms with Gasteiger partial charge in [0.25, 0.3) is 5.89 Å². The van der Waals surface area contributed by atoms with Gasteiger partial charge in [-0.1, -0.05) is 31.1 Å². The molecule has 7 heteroatoms. The first-order chi connectivity index (χ1) is 11.9. The number of hydrogen-bond donors (Lipinski definition) is 1. The number of benzene rings is 1. The van der Waals surface area contributed by atoms with Crippen LogP contribution in [0.3, 0.4) is 0 Å². The summed E-state index contributed by atoms with van der Waals surface area (Å²) >= 11 is 0. The first kappa shape index (κ1) is 16.9. The minimum atomic E-state index is -0.738. The average Bonchev–Trinajstić information content (AvgIpc) is 3.26. The minimum Gasteiger partial charge on any atom is -0.342 e.